The Labute approximate surface area is 131 Å². The van der Waals surface area contributed by atoms with Crippen LogP contribution in [0.1, 0.15) is 17.0 Å². The van der Waals surface area contributed by atoms with Crippen LogP contribution in [0.3, 0.4) is 0 Å². The summed E-state index contributed by atoms with van der Waals surface area (Å²) in [6, 6.07) is 10.5. The highest BCUT2D eigenvalue weighted by molar-refractivity contribution is 5.57. The summed E-state index contributed by atoms with van der Waals surface area (Å²) >= 11 is 0. The van der Waals surface area contributed by atoms with Crippen LogP contribution in [0.4, 0.5) is 8.78 Å². The molecule has 6 heteroatoms. The fourth-order valence-electron chi connectivity index (χ4n) is 2.60. The Hall–Kier alpha value is -3.07. The molecule has 1 atom stereocenters. The number of rotatable bonds is 2. The Balaban J connectivity index is 2.21. The van der Waals surface area contributed by atoms with Gasteiger partial charge in [-0.15, -0.1) is 0 Å². The highest BCUT2D eigenvalue weighted by Crippen LogP contribution is 2.43. The van der Waals surface area contributed by atoms with Crippen LogP contribution in [0.15, 0.2) is 47.9 Å². The number of methoxy groups -OCH3 is 1. The summed E-state index contributed by atoms with van der Waals surface area (Å²) in [5.74, 6) is -1.67. The number of hydrogen-bond donors (Lipinski definition) is 1. The molecule has 0 aromatic heterocycles. The van der Waals surface area contributed by atoms with E-state index in [9.17, 15) is 14.0 Å². The van der Waals surface area contributed by atoms with Gasteiger partial charge in [0.05, 0.1) is 13.0 Å². The van der Waals surface area contributed by atoms with Gasteiger partial charge in [0.15, 0.2) is 11.6 Å². The van der Waals surface area contributed by atoms with Crippen molar-refractivity contribution in [3.8, 4) is 17.6 Å². The van der Waals surface area contributed by atoms with Crippen molar-refractivity contribution in [3.63, 3.8) is 0 Å². The van der Waals surface area contributed by atoms with E-state index in [1.807, 2.05) is 6.07 Å². The molecular formula is C17H12F2N2O2. The first-order valence-electron chi connectivity index (χ1n) is 6.75. The lowest BCUT2D eigenvalue weighted by Crippen LogP contribution is -2.21. The zero-order chi connectivity index (χ0) is 16.6. The van der Waals surface area contributed by atoms with Gasteiger partial charge in [0.2, 0.25) is 5.88 Å². The Kier molecular flexibility index (Phi) is 3.62. The smallest absolute Gasteiger partial charge is 0.205 e. The molecule has 1 heterocycles. The topological polar surface area (TPSA) is 68.3 Å². The quantitative estimate of drug-likeness (QED) is 0.924. The molecule has 2 N–H and O–H groups in total. The predicted octanol–water partition coefficient (Wildman–Crippen LogP) is 3.19. The summed E-state index contributed by atoms with van der Waals surface area (Å²) in [5, 5.41) is 9.38. The van der Waals surface area contributed by atoms with Crippen molar-refractivity contribution in [3.05, 3.63) is 70.6 Å². The Morgan fingerprint density at radius 2 is 1.96 bits per heavy atom. The molecule has 1 aliphatic heterocycles. The van der Waals surface area contributed by atoms with Gasteiger partial charge in [0, 0.05) is 11.6 Å². The van der Waals surface area contributed by atoms with Crippen molar-refractivity contribution >= 4 is 0 Å². The lowest BCUT2D eigenvalue weighted by atomic mass is 9.83. The van der Waals surface area contributed by atoms with Crippen molar-refractivity contribution in [2.75, 3.05) is 7.11 Å². The van der Waals surface area contributed by atoms with E-state index in [1.165, 1.54) is 13.2 Å². The second-order valence-electron chi connectivity index (χ2n) is 5.00. The molecule has 0 spiro atoms. The molecule has 4 nitrogen and oxygen atoms in total. The minimum atomic E-state index is -0.986. The maximum atomic E-state index is 13.6. The number of allylic oxidation sites excluding steroid dienone is 1. The van der Waals surface area contributed by atoms with Gasteiger partial charge in [-0.3, -0.25) is 0 Å². The SMILES string of the molecule is COc1ccc2c(c1)OC(N)=C(C#N)C2c1ccc(F)c(F)c1. The molecule has 0 saturated heterocycles. The summed E-state index contributed by atoms with van der Waals surface area (Å²) in [5.41, 5.74) is 7.01. The molecular weight excluding hydrogens is 302 g/mol. The van der Waals surface area contributed by atoms with E-state index in [-0.39, 0.29) is 11.5 Å². The second kappa shape index (κ2) is 5.61. The van der Waals surface area contributed by atoms with E-state index in [2.05, 4.69) is 0 Å². The van der Waals surface area contributed by atoms with Gasteiger partial charge >= 0.3 is 0 Å². The average molecular weight is 314 g/mol. The molecule has 2 aromatic carbocycles. The molecule has 0 aliphatic carbocycles. The summed E-state index contributed by atoms with van der Waals surface area (Å²) in [6.07, 6.45) is 0. The summed E-state index contributed by atoms with van der Waals surface area (Å²) < 4.78 is 37.4. The van der Waals surface area contributed by atoms with Crippen LogP contribution in [-0.4, -0.2) is 7.11 Å². The van der Waals surface area contributed by atoms with Crippen LogP contribution in [-0.2, 0) is 0 Å². The van der Waals surface area contributed by atoms with E-state index in [0.717, 1.165) is 12.1 Å². The first kappa shape index (κ1) is 14.9. The first-order valence-corrected chi connectivity index (χ1v) is 6.75. The third kappa shape index (κ3) is 2.46. The Morgan fingerprint density at radius 1 is 1.17 bits per heavy atom. The van der Waals surface area contributed by atoms with Crippen LogP contribution >= 0.6 is 0 Å². The molecule has 2 aromatic rings. The minimum absolute atomic E-state index is 0.0667. The molecule has 1 aliphatic rings. The fourth-order valence-corrected chi connectivity index (χ4v) is 2.60. The monoisotopic (exact) mass is 314 g/mol. The van der Waals surface area contributed by atoms with Crippen LogP contribution < -0.4 is 15.2 Å². The molecule has 116 valence electrons. The van der Waals surface area contributed by atoms with Gasteiger partial charge in [0.1, 0.15) is 23.1 Å². The number of fused-ring (bicyclic) bond motifs is 1. The van der Waals surface area contributed by atoms with E-state index >= 15 is 0 Å². The van der Waals surface area contributed by atoms with Gasteiger partial charge < -0.3 is 15.2 Å². The van der Waals surface area contributed by atoms with Crippen LogP contribution in [0.2, 0.25) is 0 Å². The van der Waals surface area contributed by atoms with Crippen molar-refractivity contribution in [2.45, 2.75) is 5.92 Å². The van der Waals surface area contributed by atoms with Crippen molar-refractivity contribution < 1.29 is 18.3 Å². The number of nitrogens with zero attached hydrogens (tertiary/aromatic N) is 1. The molecule has 0 bridgehead atoms. The first-order chi connectivity index (χ1) is 11.0. The molecule has 0 fully saturated rings. The largest absolute Gasteiger partial charge is 0.497 e. The van der Waals surface area contributed by atoms with Crippen molar-refractivity contribution in [1.29, 1.82) is 5.26 Å². The fraction of sp³-hybridized carbons (Fsp3) is 0.118. The van der Waals surface area contributed by atoms with Gasteiger partial charge in [-0.2, -0.15) is 5.26 Å². The zero-order valence-electron chi connectivity index (χ0n) is 12.1. The number of nitrogens with two attached hydrogens (primary N) is 1. The number of nitriles is 1. The number of halogens is 2. The van der Waals surface area contributed by atoms with Gasteiger partial charge in [0.25, 0.3) is 0 Å². The lowest BCUT2D eigenvalue weighted by molar-refractivity contribution is 0.381. The third-order valence-corrected chi connectivity index (χ3v) is 3.70. The van der Waals surface area contributed by atoms with Gasteiger partial charge in [-0.05, 0) is 23.8 Å². The Morgan fingerprint density at radius 3 is 2.61 bits per heavy atom. The normalized spacial score (nSPS) is 16.3. The Bertz CT molecular complexity index is 856. The van der Waals surface area contributed by atoms with Crippen molar-refractivity contribution in [2.24, 2.45) is 5.73 Å². The van der Waals surface area contributed by atoms with Crippen LogP contribution in [0.25, 0.3) is 0 Å². The van der Waals surface area contributed by atoms with E-state index < -0.39 is 17.6 Å². The highest BCUT2D eigenvalue weighted by Gasteiger charge is 2.31. The maximum Gasteiger partial charge on any atom is 0.205 e. The molecule has 0 saturated carbocycles. The van der Waals surface area contributed by atoms with E-state index in [1.54, 1.807) is 18.2 Å². The standard InChI is InChI=1S/C17H12F2N2O2/c1-22-10-3-4-11-15(7-10)23-17(21)12(8-20)16(11)9-2-5-13(18)14(19)6-9/h2-7,16H,21H2,1H3. The number of ether oxygens (including phenoxy) is 2. The highest BCUT2D eigenvalue weighted by atomic mass is 19.2. The average Bonchev–Trinajstić information content (AvgIpc) is 2.55. The summed E-state index contributed by atoms with van der Waals surface area (Å²) in [6.45, 7) is 0. The number of benzene rings is 2. The molecule has 23 heavy (non-hydrogen) atoms. The summed E-state index contributed by atoms with van der Waals surface area (Å²) in [7, 11) is 1.51. The molecule has 1 unspecified atom stereocenters. The third-order valence-electron chi connectivity index (χ3n) is 3.70. The van der Waals surface area contributed by atoms with Crippen LogP contribution in [0, 0.1) is 23.0 Å². The summed E-state index contributed by atoms with van der Waals surface area (Å²) in [4.78, 5) is 0. The number of hydrogen-bond acceptors (Lipinski definition) is 4. The van der Waals surface area contributed by atoms with Gasteiger partial charge in [-0.25, -0.2) is 8.78 Å². The minimum Gasteiger partial charge on any atom is -0.497 e. The molecule has 3 rings (SSSR count). The van der Waals surface area contributed by atoms with Crippen LogP contribution in [0.5, 0.6) is 11.5 Å². The lowest BCUT2D eigenvalue weighted by Gasteiger charge is -2.26. The maximum absolute atomic E-state index is 13.6. The van der Waals surface area contributed by atoms with Crippen molar-refractivity contribution in [1.82, 2.24) is 0 Å². The second-order valence-corrected chi connectivity index (χ2v) is 5.00. The van der Waals surface area contributed by atoms with Gasteiger partial charge in [-0.1, -0.05) is 12.1 Å². The molecule has 0 radical (unpaired) electrons. The zero-order valence-corrected chi connectivity index (χ0v) is 12.1. The molecule has 0 amide bonds. The predicted molar refractivity (Wildman–Crippen MR) is 78.6 cm³/mol. The van der Waals surface area contributed by atoms with E-state index in [4.69, 9.17) is 15.2 Å². The van der Waals surface area contributed by atoms with E-state index in [0.29, 0.717) is 22.6 Å².